The molecule has 0 spiro atoms. The third kappa shape index (κ3) is 2.28. The zero-order chi connectivity index (χ0) is 10.0. The van der Waals surface area contributed by atoms with E-state index >= 15 is 0 Å². The fraction of sp³-hybridized carbons (Fsp3) is 0.200. The van der Waals surface area contributed by atoms with Crippen LogP contribution in [0.15, 0.2) is 40.9 Å². The number of anilines is 1. The molecule has 1 aliphatic heterocycles. The molecule has 0 bridgehead atoms. The predicted molar refractivity (Wildman–Crippen MR) is 64.2 cm³/mol. The average molecular weight is 272 g/mol. The van der Waals surface area contributed by atoms with Gasteiger partial charge in [-0.3, -0.25) is 4.57 Å². The Morgan fingerprint density at radius 1 is 1.14 bits per heavy atom. The fourth-order valence-electron chi connectivity index (χ4n) is 1.42. The molecule has 1 aliphatic rings. The van der Waals surface area contributed by atoms with Gasteiger partial charge < -0.3 is 5.09 Å². The van der Waals surface area contributed by atoms with Crippen LogP contribution >= 0.6 is 23.2 Å². The van der Waals surface area contributed by atoms with Gasteiger partial charge in [-0.2, -0.15) is 0 Å². The van der Waals surface area contributed by atoms with E-state index in [1.807, 2.05) is 36.4 Å². The van der Waals surface area contributed by atoms with Gasteiger partial charge in [-0.25, -0.2) is 0 Å². The average Bonchev–Trinajstić information content (AvgIpc) is 2.57. The van der Waals surface area contributed by atoms with Gasteiger partial charge in [0.15, 0.2) is 7.29 Å². The summed E-state index contributed by atoms with van der Waals surface area (Å²) in [6.07, 6.45) is 5.30. The Labute approximate surface area is 92.0 Å². The summed E-state index contributed by atoms with van der Waals surface area (Å²) in [6, 6.07) is 7.75. The minimum atomic E-state index is -2.18. The first-order valence-electron chi connectivity index (χ1n) is 4.45. The van der Waals surface area contributed by atoms with Gasteiger partial charge in [0.2, 0.25) is 0 Å². The predicted octanol–water partition coefficient (Wildman–Crippen LogP) is 3.71. The summed E-state index contributed by atoms with van der Waals surface area (Å²) in [5.41, 5.74) is 0.931. The largest absolute Gasteiger partial charge is 0.336 e. The van der Waals surface area contributed by atoms with E-state index < -0.39 is 7.29 Å². The minimum absolute atomic E-state index is 0.670. The molecule has 0 amide bonds. The Kier molecular flexibility index (Phi) is 2.80. The molecule has 0 unspecified atom stereocenters. The Hall–Kier alpha value is -0.530. The lowest BCUT2D eigenvalue weighted by Crippen LogP contribution is -1.98. The second-order valence-electron chi connectivity index (χ2n) is 3.34. The fourth-order valence-corrected chi connectivity index (χ4v) is 3.61. The summed E-state index contributed by atoms with van der Waals surface area (Å²) in [7, 11) is -2.18. The van der Waals surface area contributed by atoms with Gasteiger partial charge in [0, 0.05) is 22.5 Å². The van der Waals surface area contributed by atoms with Gasteiger partial charge >= 0.3 is 0 Å². The maximum absolute atomic E-state index is 12.1. The summed E-state index contributed by atoms with van der Waals surface area (Å²) in [5.74, 6) is 0. The van der Waals surface area contributed by atoms with E-state index in [1.54, 1.807) is 0 Å². The molecular formula is C10H11BrNOP. The number of nitrogens with one attached hydrogen (secondary N) is 1. The highest BCUT2D eigenvalue weighted by atomic mass is 79.9. The topological polar surface area (TPSA) is 29.1 Å². The third-order valence-electron chi connectivity index (χ3n) is 2.14. The van der Waals surface area contributed by atoms with Gasteiger partial charge in [-0.15, -0.1) is 0 Å². The van der Waals surface area contributed by atoms with Crippen LogP contribution in [-0.4, -0.2) is 12.3 Å². The first-order valence-corrected chi connectivity index (χ1v) is 7.32. The molecule has 0 aliphatic carbocycles. The minimum Gasteiger partial charge on any atom is -0.336 e. The van der Waals surface area contributed by atoms with E-state index in [4.69, 9.17) is 0 Å². The van der Waals surface area contributed by atoms with Crippen molar-refractivity contribution >= 4 is 28.9 Å². The van der Waals surface area contributed by atoms with Crippen LogP contribution in [0.5, 0.6) is 0 Å². The Balaban J connectivity index is 2.11. The van der Waals surface area contributed by atoms with E-state index in [-0.39, 0.29) is 0 Å². The smallest absolute Gasteiger partial charge is 0.177 e. The number of allylic oxidation sites excluding steroid dienone is 2. The zero-order valence-corrected chi connectivity index (χ0v) is 10.1. The number of halogens is 1. The van der Waals surface area contributed by atoms with Crippen molar-refractivity contribution in [2.45, 2.75) is 0 Å². The van der Waals surface area contributed by atoms with Crippen molar-refractivity contribution in [3.8, 4) is 0 Å². The van der Waals surface area contributed by atoms with Gasteiger partial charge in [0.1, 0.15) is 0 Å². The zero-order valence-electron chi connectivity index (χ0n) is 7.61. The maximum Gasteiger partial charge on any atom is 0.177 e. The first kappa shape index (κ1) is 10.0. The summed E-state index contributed by atoms with van der Waals surface area (Å²) < 4.78 is 13.1. The lowest BCUT2D eigenvalue weighted by Gasteiger charge is -2.14. The quantitative estimate of drug-likeness (QED) is 0.656. The van der Waals surface area contributed by atoms with Crippen LogP contribution in [0.1, 0.15) is 0 Å². The highest BCUT2D eigenvalue weighted by Gasteiger charge is 2.22. The first-order chi connectivity index (χ1) is 6.68. The molecule has 2 rings (SSSR count). The third-order valence-corrected chi connectivity index (χ3v) is 4.94. The van der Waals surface area contributed by atoms with E-state index in [2.05, 4.69) is 21.0 Å². The van der Waals surface area contributed by atoms with Crippen LogP contribution in [0.25, 0.3) is 0 Å². The SMILES string of the molecule is O=P1(Nc2ccc(Br)cc2)CC=CC1. The molecule has 0 fully saturated rings. The summed E-state index contributed by atoms with van der Waals surface area (Å²) in [6.45, 7) is 0. The van der Waals surface area contributed by atoms with Gasteiger partial charge in [0.05, 0.1) is 0 Å². The summed E-state index contributed by atoms with van der Waals surface area (Å²) >= 11 is 3.36. The molecule has 0 radical (unpaired) electrons. The molecule has 1 aromatic carbocycles. The molecule has 4 heteroatoms. The van der Waals surface area contributed by atoms with Crippen molar-refractivity contribution in [3.05, 3.63) is 40.9 Å². The van der Waals surface area contributed by atoms with Gasteiger partial charge in [0.25, 0.3) is 0 Å². The Bertz CT molecular complexity index is 387. The molecule has 74 valence electrons. The number of rotatable bonds is 2. The molecule has 0 aromatic heterocycles. The highest BCUT2D eigenvalue weighted by Crippen LogP contribution is 2.48. The normalized spacial score (nSPS) is 18.4. The summed E-state index contributed by atoms with van der Waals surface area (Å²) in [5, 5.41) is 3.12. The lowest BCUT2D eigenvalue weighted by molar-refractivity contribution is 0.583. The second kappa shape index (κ2) is 3.92. The van der Waals surface area contributed by atoms with E-state index in [0.717, 1.165) is 10.2 Å². The van der Waals surface area contributed by atoms with Crippen molar-refractivity contribution in [1.29, 1.82) is 0 Å². The van der Waals surface area contributed by atoms with Gasteiger partial charge in [-0.1, -0.05) is 28.1 Å². The Morgan fingerprint density at radius 3 is 2.29 bits per heavy atom. The van der Waals surface area contributed by atoms with Crippen LogP contribution in [0.2, 0.25) is 0 Å². The van der Waals surface area contributed by atoms with Gasteiger partial charge in [-0.05, 0) is 24.3 Å². The molecule has 2 nitrogen and oxygen atoms in total. The van der Waals surface area contributed by atoms with Crippen molar-refractivity contribution in [3.63, 3.8) is 0 Å². The molecule has 1 N–H and O–H groups in total. The highest BCUT2D eigenvalue weighted by molar-refractivity contribution is 9.10. The van der Waals surface area contributed by atoms with Crippen molar-refractivity contribution in [2.24, 2.45) is 0 Å². The monoisotopic (exact) mass is 271 g/mol. The molecular weight excluding hydrogens is 261 g/mol. The number of benzene rings is 1. The molecule has 1 heterocycles. The van der Waals surface area contributed by atoms with Crippen molar-refractivity contribution in [2.75, 3.05) is 17.4 Å². The lowest BCUT2D eigenvalue weighted by atomic mass is 10.3. The molecule has 0 atom stereocenters. The molecule has 1 aromatic rings. The second-order valence-corrected chi connectivity index (χ2v) is 6.99. The molecule has 0 saturated carbocycles. The van der Waals surface area contributed by atoms with Crippen LogP contribution in [0.3, 0.4) is 0 Å². The van der Waals surface area contributed by atoms with Crippen LogP contribution in [0.4, 0.5) is 5.69 Å². The van der Waals surface area contributed by atoms with E-state index in [9.17, 15) is 4.57 Å². The van der Waals surface area contributed by atoms with Crippen molar-refractivity contribution in [1.82, 2.24) is 0 Å². The number of hydrogen-bond acceptors (Lipinski definition) is 1. The van der Waals surface area contributed by atoms with E-state index in [0.29, 0.717) is 12.3 Å². The van der Waals surface area contributed by atoms with Crippen molar-refractivity contribution < 1.29 is 4.57 Å². The van der Waals surface area contributed by atoms with Crippen LogP contribution in [-0.2, 0) is 4.57 Å². The summed E-state index contributed by atoms with van der Waals surface area (Å²) in [4.78, 5) is 0. The van der Waals surface area contributed by atoms with Crippen LogP contribution < -0.4 is 5.09 Å². The standard InChI is InChI=1S/C10H11BrNOP/c11-9-3-5-10(6-4-9)12-14(13)7-1-2-8-14/h1-6H,7-8H2,(H,12,13). The maximum atomic E-state index is 12.1. The van der Waals surface area contributed by atoms with E-state index in [1.165, 1.54) is 0 Å². The number of hydrogen-bond donors (Lipinski definition) is 1. The molecule has 14 heavy (non-hydrogen) atoms. The van der Waals surface area contributed by atoms with Crippen LogP contribution in [0, 0.1) is 0 Å². The Morgan fingerprint density at radius 2 is 1.71 bits per heavy atom. The molecule has 0 saturated heterocycles.